The second-order valence-electron chi connectivity index (χ2n) is 27.0. The Morgan fingerprint density at radius 3 is 0.848 bits per heavy atom. The molecule has 112 heavy (non-hydrogen) atoms. The molecule has 0 aliphatic carbocycles. The van der Waals surface area contributed by atoms with Crippen molar-refractivity contribution >= 4 is 87.2 Å². The monoisotopic (exact) mass is 1450 g/mol. The summed E-state index contributed by atoms with van der Waals surface area (Å²) in [5.74, 6) is -0.0776. The van der Waals surface area contributed by atoms with E-state index in [1.165, 1.54) is 0 Å². The van der Waals surface area contributed by atoms with Gasteiger partial charge in [0, 0.05) is 88.0 Å². The lowest BCUT2D eigenvalue weighted by molar-refractivity contribution is 1.05. The Labute approximate surface area is 664 Å². The number of hydrogen-bond acceptors (Lipinski definition) is 7. The number of pyridine rings is 1. The molecule has 0 amide bonds. The summed E-state index contributed by atoms with van der Waals surface area (Å²) >= 11 is 0. The van der Waals surface area contributed by atoms with Gasteiger partial charge in [-0.25, -0.2) is 29.9 Å². The zero-order chi connectivity index (χ0) is 86.2. The Bertz CT molecular complexity index is 7960. The summed E-state index contributed by atoms with van der Waals surface area (Å²) in [5, 5.41) is 8.39. The number of para-hydroxylation sites is 6. The van der Waals surface area contributed by atoms with Crippen LogP contribution in [0.3, 0.4) is 0 Å². The lowest BCUT2D eigenvalue weighted by Gasteiger charge is -2.12. The van der Waals surface area contributed by atoms with Crippen LogP contribution in [0.25, 0.3) is 201 Å². The third-order valence-electron chi connectivity index (χ3n) is 20.5. The molecule has 0 spiro atoms. The van der Waals surface area contributed by atoms with Crippen molar-refractivity contribution in [2.24, 2.45) is 0 Å². The number of benzene rings is 15. The standard InChI is InChI=1S/C57H37N5.C44H28N6/c1-4-14-38(15-5-1)40-24-28-42(29-25-40)55-58-56(43-30-26-41(27-31-43)39-16-6-2-7-17-39)60-57(59-55)44-32-34-46(35-33-44)62-52-23-13-11-21-48(52)50-36-49-47-20-10-12-22-51(47)61(53(49)37-54(50)62)45-18-8-3-9-19-45;1-4-14-29(15-5-1)42-46-43(30-16-6-2-7-17-30)48-44(47-42)37-25-24-32(28-45-37)50-39-23-13-11-21-34(39)36-26-35-33-20-10-12-22-38(33)49(40(35)27-41(36)50)31-18-8-3-9-19-31/h1-37H;1-28H/i32D,33D,34D,35D;1D,2D,4D,5D,6D,7D,14D,15D,16D,17D. The van der Waals surface area contributed by atoms with Gasteiger partial charge in [-0.05, 0) is 131 Å². The molecule has 22 rings (SSSR count). The van der Waals surface area contributed by atoms with Gasteiger partial charge in [0.05, 0.1) is 75.2 Å². The number of hydrogen-bond donors (Lipinski definition) is 0. The maximum Gasteiger partial charge on any atom is 0.182 e. The van der Waals surface area contributed by atoms with Crippen LogP contribution in [0.2, 0.25) is 0 Å². The van der Waals surface area contributed by atoms with Crippen LogP contribution < -0.4 is 0 Å². The van der Waals surface area contributed by atoms with Crippen LogP contribution in [0.15, 0.2) is 394 Å². The molecule has 0 fully saturated rings. The molecule has 524 valence electrons. The Morgan fingerprint density at radius 2 is 0.482 bits per heavy atom. The molecule has 0 saturated heterocycles. The van der Waals surface area contributed by atoms with Crippen molar-refractivity contribution in [2.75, 3.05) is 0 Å². The van der Waals surface area contributed by atoms with Gasteiger partial charge in [0.2, 0.25) is 0 Å². The molecule has 0 aliphatic heterocycles. The van der Waals surface area contributed by atoms with Gasteiger partial charge in [-0.3, -0.25) is 4.98 Å². The van der Waals surface area contributed by atoms with Gasteiger partial charge >= 0.3 is 0 Å². The first-order chi connectivity index (χ1) is 61.3. The smallest absolute Gasteiger partial charge is 0.182 e. The van der Waals surface area contributed by atoms with E-state index in [0.29, 0.717) is 17.3 Å². The molecule has 0 radical (unpaired) electrons. The van der Waals surface area contributed by atoms with Crippen LogP contribution >= 0.6 is 0 Å². The fraction of sp³-hybridized carbons (Fsp3) is 0. The van der Waals surface area contributed by atoms with Crippen molar-refractivity contribution < 1.29 is 19.2 Å². The van der Waals surface area contributed by atoms with E-state index in [1.54, 1.807) is 12.3 Å². The summed E-state index contributed by atoms with van der Waals surface area (Å²) in [6.07, 6.45) is 1.65. The van der Waals surface area contributed by atoms with Gasteiger partial charge in [-0.1, -0.05) is 279 Å². The predicted molar refractivity (Wildman–Crippen MR) is 458 cm³/mol. The van der Waals surface area contributed by atoms with Crippen LogP contribution in [0.4, 0.5) is 0 Å². The summed E-state index contributed by atoms with van der Waals surface area (Å²) in [6.45, 7) is 0. The first-order valence-electron chi connectivity index (χ1n) is 43.5. The highest BCUT2D eigenvalue weighted by Gasteiger charge is 2.23. The highest BCUT2D eigenvalue weighted by Crippen LogP contribution is 2.43. The average molecular weight is 1450 g/mol. The molecule has 0 N–H and O–H groups in total. The minimum atomic E-state index is -0.618. The fourth-order valence-electron chi connectivity index (χ4n) is 15.3. The Balaban J connectivity index is 0.000000155. The molecular weight excluding hydrogens is 1370 g/mol. The predicted octanol–water partition coefficient (Wildman–Crippen LogP) is 24.9. The van der Waals surface area contributed by atoms with Gasteiger partial charge in [0.25, 0.3) is 0 Å². The molecular formula is C101H65N11. The Kier molecular flexibility index (Phi) is 12.7. The first kappa shape index (κ1) is 51.8. The molecule has 7 aromatic heterocycles. The topological polar surface area (TPSA) is 110 Å². The molecule has 0 atom stereocenters. The van der Waals surface area contributed by atoms with Gasteiger partial charge in [0.15, 0.2) is 34.9 Å². The Morgan fingerprint density at radius 1 is 0.188 bits per heavy atom. The summed E-state index contributed by atoms with van der Waals surface area (Å²) in [5.41, 5.74) is 15.6. The molecule has 15 aromatic carbocycles. The SMILES string of the molecule is [2H]c1c([2H])c(-n2c3ccccc3c3cc4c5ccccc5n(-c5ccccc5)c4cc32)c([2H])c([2H])c1-c1nc(-c2ccc(-c3ccccc3)cc2)nc(-c2ccc(-c3ccccc3)cc2)n1.[2H]c1c([2H])c([2H])c(-c2nc(-c3ccc(-n4c5ccccc5c5cc6c7ccccc7n(-c7ccccc7)c6cc54)cn3)nc(-c3c([2H])c([2H])c([2H])c([2H])c3[2H])n2)c([2H])c1[2H]. The van der Waals surface area contributed by atoms with E-state index in [0.717, 1.165) is 132 Å². The van der Waals surface area contributed by atoms with Gasteiger partial charge < -0.3 is 18.3 Å². The van der Waals surface area contributed by atoms with E-state index in [-0.39, 0.29) is 75.5 Å². The zero-order valence-electron chi connectivity index (χ0n) is 73.4. The molecule has 0 saturated carbocycles. The van der Waals surface area contributed by atoms with Crippen molar-refractivity contribution in [3.63, 3.8) is 0 Å². The van der Waals surface area contributed by atoms with Crippen molar-refractivity contribution in [2.45, 2.75) is 0 Å². The van der Waals surface area contributed by atoms with Crippen LogP contribution in [0.1, 0.15) is 19.2 Å². The minimum absolute atomic E-state index is 0.00665. The molecule has 0 unspecified atom stereocenters. The lowest BCUT2D eigenvalue weighted by atomic mass is 10.0. The van der Waals surface area contributed by atoms with Crippen molar-refractivity contribution in [3.8, 4) is 113 Å². The second kappa shape index (κ2) is 27.5. The summed E-state index contributed by atoms with van der Waals surface area (Å²) < 4.78 is 131. The van der Waals surface area contributed by atoms with Crippen molar-refractivity contribution in [3.05, 3.63) is 394 Å². The number of nitrogens with zero attached hydrogens (tertiary/aromatic N) is 11. The zero-order valence-corrected chi connectivity index (χ0v) is 59.4. The summed E-state index contributed by atoms with van der Waals surface area (Å²) in [7, 11) is 0. The van der Waals surface area contributed by atoms with E-state index in [9.17, 15) is 5.48 Å². The van der Waals surface area contributed by atoms with Crippen LogP contribution in [-0.2, 0) is 0 Å². The van der Waals surface area contributed by atoms with Crippen LogP contribution in [0, 0.1) is 0 Å². The highest BCUT2D eigenvalue weighted by molar-refractivity contribution is 6.21. The number of fused-ring (bicyclic) bond motifs is 12. The van der Waals surface area contributed by atoms with Crippen LogP contribution in [-0.4, -0.2) is 53.2 Å². The third kappa shape index (κ3) is 11.5. The van der Waals surface area contributed by atoms with Gasteiger partial charge in [0.1, 0.15) is 5.69 Å². The van der Waals surface area contributed by atoms with E-state index < -0.39 is 60.4 Å². The first-order valence-corrected chi connectivity index (χ1v) is 36.5. The molecule has 22 aromatic rings. The Hall–Kier alpha value is -15.3. The highest BCUT2D eigenvalue weighted by atomic mass is 15.1. The quantitative estimate of drug-likeness (QED) is 0.120. The summed E-state index contributed by atoms with van der Waals surface area (Å²) in [4.78, 5) is 33.0. The van der Waals surface area contributed by atoms with Gasteiger partial charge in [-0.15, -0.1) is 0 Å². The minimum Gasteiger partial charge on any atom is -0.309 e. The molecule has 7 heterocycles. The molecule has 11 nitrogen and oxygen atoms in total. The third-order valence-corrected chi connectivity index (χ3v) is 20.5. The van der Waals surface area contributed by atoms with Crippen LogP contribution in [0.5, 0.6) is 0 Å². The lowest BCUT2D eigenvalue weighted by Crippen LogP contribution is -2.02. The molecule has 0 aliphatic rings. The second-order valence-corrected chi connectivity index (χ2v) is 27.0. The van der Waals surface area contributed by atoms with Crippen molar-refractivity contribution in [1.29, 1.82) is 0 Å². The average Bonchev–Trinajstić information content (AvgIpc) is 1.55. The van der Waals surface area contributed by atoms with E-state index in [2.05, 4.69) is 138 Å². The van der Waals surface area contributed by atoms with E-state index in [4.69, 9.17) is 33.6 Å². The van der Waals surface area contributed by atoms with E-state index >= 15 is 0 Å². The summed E-state index contributed by atoms with van der Waals surface area (Å²) in [6, 6.07) is 94.6. The number of rotatable bonds is 12. The molecule has 11 heteroatoms. The maximum atomic E-state index is 9.74. The molecule has 0 bridgehead atoms. The van der Waals surface area contributed by atoms with Crippen molar-refractivity contribution in [1.82, 2.24) is 53.2 Å². The fourth-order valence-corrected chi connectivity index (χ4v) is 15.3. The maximum absolute atomic E-state index is 9.74. The van der Waals surface area contributed by atoms with E-state index in [1.807, 2.05) is 193 Å². The van der Waals surface area contributed by atoms with Gasteiger partial charge in [-0.2, -0.15) is 0 Å². The number of aromatic nitrogens is 11. The largest absolute Gasteiger partial charge is 0.309 e. The normalized spacial score (nSPS) is 13.3.